The van der Waals surface area contributed by atoms with Gasteiger partial charge < -0.3 is 9.47 Å². The first-order valence-electron chi connectivity index (χ1n) is 8.07. The monoisotopic (exact) mass is 332 g/mol. The van der Waals surface area contributed by atoms with E-state index in [4.69, 9.17) is 9.47 Å². The SMILES string of the molecule is C=C(C)C(=O)OC(=O)c1cccc(C(=O)OCCCCCC)c1C. The summed E-state index contributed by atoms with van der Waals surface area (Å²) >= 11 is 0. The van der Waals surface area contributed by atoms with Crippen LogP contribution in [-0.4, -0.2) is 24.5 Å². The smallest absolute Gasteiger partial charge is 0.346 e. The van der Waals surface area contributed by atoms with Crippen molar-refractivity contribution in [3.05, 3.63) is 47.0 Å². The number of carbonyl (C=O) groups is 3. The largest absolute Gasteiger partial charge is 0.462 e. The van der Waals surface area contributed by atoms with E-state index < -0.39 is 17.9 Å². The Bertz CT molecular complexity index is 631. The molecule has 0 N–H and O–H groups in total. The lowest BCUT2D eigenvalue weighted by Crippen LogP contribution is -2.16. The Morgan fingerprint density at radius 2 is 1.67 bits per heavy atom. The van der Waals surface area contributed by atoms with E-state index in [9.17, 15) is 14.4 Å². The van der Waals surface area contributed by atoms with Crippen LogP contribution in [0.25, 0.3) is 0 Å². The maximum Gasteiger partial charge on any atom is 0.346 e. The average molecular weight is 332 g/mol. The van der Waals surface area contributed by atoms with Crippen LogP contribution in [-0.2, 0) is 14.3 Å². The Kier molecular flexibility index (Phi) is 7.89. The van der Waals surface area contributed by atoms with Crippen LogP contribution in [0.2, 0.25) is 0 Å². The van der Waals surface area contributed by atoms with Gasteiger partial charge in [0.05, 0.1) is 17.7 Å². The molecule has 0 unspecified atom stereocenters. The molecule has 0 aromatic heterocycles. The standard InChI is InChI=1S/C19H24O5/c1-5-6-7-8-12-23-18(21)15-10-9-11-16(14(15)4)19(22)24-17(20)13(2)3/h9-11H,2,5-8,12H2,1,3-4H3. The molecule has 0 spiro atoms. The molecule has 24 heavy (non-hydrogen) atoms. The van der Waals surface area contributed by atoms with E-state index in [0.717, 1.165) is 25.7 Å². The highest BCUT2D eigenvalue weighted by molar-refractivity contribution is 6.04. The number of benzene rings is 1. The van der Waals surface area contributed by atoms with Gasteiger partial charge in [0.2, 0.25) is 0 Å². The first kappa shape index (κ1) is 19.6. The van der Waals surface area contributed by atoms with Gasteiger partial charge in [0, 0.05) is 5.57 Å². The summed E-state index contributed by atoms with van der Waals surface area (Å²) in [5.41, 5.74) is 1.01. The van der Waals surface area contributed by atoms with E-state index in [1.165, 1.54) is 13.0 Å². The maximum absolute atomic E-state index is 12.1. The topological polar surface area (TPSA) is 69.7 Å². The van der Waals surface area contributed by atoms with Gasteiger partial charge >= 0.3 is 17.9 Å². The summed E-state index contributed by atoms with van der Waals surface area (Å²) in [6, 6.07) is 4.64. The Hall–Kier alpha value is -2.43. The first-order chi connectivity index (χ1) is 11.4. The van der Waals surface area contributed by atoms with Gasteiger partial charge in [-0.15, -0.1) is 0 Å². The zero-order chi connectivity index (χ0) is 18.1. The van der Waals surface area contributed by atoms with Crippen LogP contribution < -0.4 is 0 Å². The lowest BCUT2D eigenvalue weighted by atomic mass is 10.0. The number of rotatable bonds is 8. The van der Waals surface area contributed by atoms with Gasteiger partial charge in [-0.3, -0.25) is 0 Å². The minimum Gasteiger partial charge on any atom is -0.462 e. The minimum atomic E-state index is -0.807. The van der Waals surface area contributed by atoms with E-state index in [1.807, 2.05) is 0 Å². The molecule has 0 amide bonds. The Morgan fingerprint density at radius 3 is 2.25 bits per heavy atom. The number of unbranched alkanes of at least 4 members (excludes halogenated alkanes) is 3. The fourth-order valence-electron chi connectivity index (χ4n) is 2.08. The molecule has 1 aromatic carbocycles. The van der Waals surface area contributed by atoms with Crippen molar-refractivity contribution in [2.45, 2.75) is 46.5 Å². The molecule has 5 nitrogen and oxygen atoms in total. The van der Waals surface area contributed by atoms with Crippen LogP contribution in [0.1, 0.15) is 65.8 Å². The van der Waals surface area contributed by atoms with Crippen molar-refractivity contribution in [3.63, 3.8) is 0 Å². The summed E-state index contributed by atoms with van der Waals surface area (Å²) < 4.78 is 9.95. The third-order valence-electron chi connectivity index (χ3n) is 3.54. The van der Waals surface area contributed by atoms with E-state index in [1.54, 1.807) is 19.1 Å². The molecule has 130 valence electrons. The molecule has 1 rings (SSSR count). The van der Waals surface area contributed by atoms with Crippen LogP contribution in [0.3, 0.4) is 0 Å². The minimum absolute atomic E-state index is 0.128. The third kappa shape index (κ3) is 5.65. The van der Waals surface area contributed by atoms with Crippen molar-refractivity contribution in [2.75, 3.05) is 6.61 Å². The first-order valence-corrected chi connectivity index (χ1v) is 8.07. The number of esters is 3. The lowest BCUT2D eigenvalue weighted by Gasteiger charge is -2.10. The van der Waals surface area contributed by atoms with Crippen molar-refractivity contribution in [3.8, 4) is 0 Å². The molecular formula is C19H24O5. The Balaban J connectivity index is 2.77. The van der Waals surface area contributed by atoms with E-state index >= 15 is 0 Å². The van der Waals surface area contributed by atoms with Crippen molar-refractivity contribution in [1.82, 2.24) is 0 Å². The van der Waals surface area contributed by atoms with Crippen molar-refractivity contribution >= 4 is 17.9 Å². The van der Waals surface area contributed by atoms with Gasteiger partial charge in [-0.05, 0) is 38.0 Å². The molecule has 0 saturated carbocycles. The molecule has 1 aromatic rings. The molecule has 0 atom stereocenters. The van der Waals surface area contributed by atoms with Gasteiger partial charge in [0.15, 0.2) is 0 Å². The second-order valence-corrected chi connectivity index (χ2v) is 5.63. The second kappa shape index (κ2) is 9.65. The molecule has 0 aliphatic rings. The maximum atomic E-state index is 12.1. The van der Waals surface area contributed by atoms with Crippen LogP contribution in [0.15, 0.2) is 30.4 Å². The highest BCUT2D eigenvalue weighted by Crippen LogP contribution is 2.17. The molecule has 5 heteroatoms. The Morgan fingerprint density at radius 1 is 1.04 bits per heavy atom. The molecule has 0 radical (unpaired) electrons. The summed E-state index contributed by atoms with van der Waals surface area (Å²) in [7, 11) is 0. The molecule has 0 aliphatic carbocycles. The third-order valence-corrected chi connectivity index (χ3v) is 3.54. The highest BCUT2D eigenvalue weighted by Gasteiger charge is 2.20. The summed E-state index contributed by atoms with van der Waals surface area (Å²) in [6.07, 6.45) is 4.04. The molecular weight excluding hydrogens is 308 g/mol. The van der Waals surface area contributed by atoms with Crippen LogP contribution in [0, 0.1) is 6.92 Å². The number of hydrogen-bond acceptors (Lipinski definition) is 5. The fourth-order valence-corrected chi connectivity index (χ4v) is 2.08. The molecule has 0 saturated heterocycles. The van der Waals surface area contributed by atoms with E-state index in [-0.39, 0.29) is 11.1 Å². The summed E-state index contributed by atoms with van der Waals surface area (Å²) in [5, 5.41) is 0. The van der Waals surface area contributed by atoms with Crippen LogP contribution >= 0.6 is 0 Å². The second-order valence-electron chi connectivity index (χ2n) is 5.63. The number of carbonyl (C=O) groups excluding carboxylic acids is 3. The molecule has 0 fully saturated rings. The fraction of sp³-hybridized carbons (Fsp3) is 0.421. The Labute approximate surface area is 142 Å². The number of hydrogen-bond donors (Lipinski definition) is 0. The van der Waals surface area contributed by atoms with Gasteiger partial charge in [0.25, 0.3) is 0 Å². The highest BCUT2D eigenvalue weighted by atomic mass is 16.6. The number of ether oxygens (including phenoxy) is 2. The zero-order valence-corrected chi connectivity index (χ0v) is 14.5. The summed E-state index contributed by atoms with van der Waals surface area (Å²) in [4.78, 5) is 35.6. The molecule has 0 bridgehead atoms. The molecule has 0 heterocycles. The lowest BCUT2D eigenvalue weighted by molar-refractivity contribution is -0.133. The van der Waals surface area contributed by atoms with Gasteiger partial charge in [-0.25, -0.2) is 14.4 Å². The summed E-state index contributed by atoms with van der Waals surface area (Å²) in [6.45, 7) is 8.96. The van der Waals surface area contributed by atoms with Gasteiger partial charge in [-0.1, -0.05) is 38.8 Å². The van der Waals surface area contributed by atoms with Crippen LogP contribution in [0.5, 0.6) is 0 Å². The quantitative estimate of drug-likeness (QED) is 0.311. The van der Waals surface area contributed by atoms with E-state index in [2.05, 4.69) is 13.5 Å². The zero-order valence-electron chi connectivity index (χ0n) is 14.5. The van der Waals surface area contributed by atoms with Gasteiger partial charge in [-0.2, -0.15) is 0 Å². The predicted molar refractivity (Wildman–Crippen MR) is 90.8 cm³/mol. The van der Waals surface area contributed by atoms with Crippen molar-refractivity contribution in [2.24, 2.45) is 0 Å². The van der Waals surface area contributed by atoms with Crippen molar-refractivity contribution < 1.29 is 23.9 Å². The normalized spacial score (nSPS) is 10.1. The van der Waals surface area contributed by atoms with Crippen LogP contribution in [0.4, 0.5) is 0 Å². The molecule has 0 aliphatic heterocycles. The predicted octanol–water partition coefficient (Wildman–Crippen LogP) is 3.99. The average Bonchev–Trinajstić information content (AvgIpc) is 2.54. The van der Waals surface area contributed by atoms with Gasteiger partial charge in [0.1, 0.15) is 0 Å². The van der Waals surface area contributed by atoms with E-state index in [0.29, 0.717) is 17.7 Å². The summed E-state index contributed by atoms with van der Waals surface area (Å²) in [5.74, 6) is -2.08. The van der Waals surface area contributed by atoms with Crippen molar-refractivity contribution in [1.29, 1.82) is 0 Å².